The Bertz CT molecular complexity index is 455. The predicted octanol–water partition coefficient (Wildman–Crippen LogP) is 3.11. The number of methoxy groups -OCH3 is 2. The zero-order valence-electron chi connectivity index (χ0n) is 10.9. The van der Waals surface area contributed by atoms with Crippen LogP contribution in [0.25, 0.3) is 0 Å². The van der Waals surface area contributed by atoms with Crippen LogP contribution in [0.4, 0.5) is 0 Å². The summed E-state index contributed by atoms with van der Waals surface area (Å²) in [6.07, 6.45) is -0.0210. The fourth-order valence-corrected chi connectivity index (χ4v) is 2.11. The smallest absolute Gasteiger partial charge is 0.304 e. The number of benzene rings is 1. The maximum absolute atomic E-state index is 10.9. The molecule has 0 aliphatic carbocycles. The molecule has 1 aromatic carbocycles. The van der Waals surface area contributed by atoms with E-state index in [4.69, 9.17) is 26.2 Å². The first-order chi connectivity index (χ1) is 8.31. The Hall–Kier alpha value is -1.42. The monoisotopic (exact) mass is 272 g/mol. The summed E-state index contributed by atoms with van der Waals surface area (Å²) in [6.45, 7) is 3.66. The molecule has 0 atom stereocenters. The zero-order valence-corrected chi connectivity index (χ0v) is 11.7. The Balaban J connectivity index is 3.38. The molecule has 0 heterocycles. The highest BCUT2D eigenvalue weighted by molar-refractivity contribution is 6.30. The van der Waals surface area contributed by atoms with Crippen molar-refractivity contribution < 1.29 is 19.4 Å². The van der Waals surface area contributed by atoms with Crippen LogP contribution in [0.5, 0.6) is 11.5 Å². The summed E-state index contributed by atoms with van der Waals surface area (Å²) < 4.78 is 10.5. The van der Waals surface area contributed by atoms with Gasteiger partial charge in [0.15, 0.2) is 11.5 Å². The molecule has 1 aromatic rings. The molecule has 1 rings (SSSR count). The number of ether oxygens (including phenoxy) is 2. The van der Waals surface area contributed by atoms with E-state index < -0.39 is 11.4 Å². The van der Waals surface area contributed by atoms with E-state index in [1.165, 1.54) is 14.2 Å². The summed E-state index contributed by atoms with van der Waals surface area (Å²) in [7, 11) is 3.04. The Morgan fingerprint density at radius 3 is 2.39 bits per heavy atom. The second kappa shape index (κ2) is 5.48. The first-order valence-corrected chi connectivity index (χ1v) is 5.83. The van der Waals surface area contributed by atoms with Crippen LogP contribution in [0.15, 0.2) is 12.1 Å². The zero-order chi connectivity index (χ0) is 13.9. The van der Waals surface area contributed by atoms with Crippen LogP contribution in [-0.2, 0) is 10.2 Å². The van der Waals surface area contributed by atoms with Gasteiger partial charge in [-0.1, -0.05) is 25.4 Å². The molecule has 0 aromatic heterocycles. The highest BCUT2D eigenvalue weighted by Crippen LogP contribution is 2.42. The molecule has 1 N–H and O–H groups in total. The van der Waals surface area contributed by atoms with Gasteiger partial charge in [0.1, 0.15) is 0 Å². The molecule has 0 unspecified atom stereocenters. The van der Waals surface area contributed by atoms with Gasteiger partial charge >= 0.3 is 5.97 Å². The van der Waals surface area contributed by atoms with E-state index in [1.807, 2.05) is 13.8 Å². The molecule has 0 fully saturated rings. The number of hydrogen-bond acceptors (Lipinski definition) is 3. The van der Waals surface area contributed by atoms with E-state index in [0.29, 0.717) is 16.5 Å². The lowest BCUT2D eigenvalue weighted by Crippen LogP contribution is -2.22. The van der Waals surface area contributed by atoms with Gasteiger partial charge in [-0.3, -0.25) is 4.79 Å². The van der Waals surface area contributed by atoms with Gasteiger partial charge in [-0.2, -0.15) is 0 Å². The van der Waals surface area contributed by atoms with Gasteiger partial charge in [0.25, 0.3) is 0 Å². The quantitative estimate of drug-likeness (QED) is 0.895. The van der Waals surface area contributed by atoms with Crippen molar-refractivity contribution >= 4 is 17.6 Å². The van der Waals surface area contributed by atoms with Crippen LogP contribution in [0.3, 0.4) is 0 Å². The molecule has 5 heteroatoms. The lowest BCUT2D eigenvalue weighted by molar-refractivity contribution is -0.138. The van der Waals surface area contributed by atoms with Crippen molar-refractivity contribution in [2.45, 2.75) is 25.7 Å². The van der Waals surface area contributed by atoms with E-state index in [2.05, 4.69) is 0 Å². The Morgan fingerprint density at radius 1 is 1.33 bits per heavy atom. The van der Waals surface area contributed by atoms with Crippen molar-refractivity contribution in [1.82, 2.24) is 0 Å². The number of hydrogen-bond donors (Lipinski definition) is 1. The largest absolute Gasteiger partial charge is 0.493 e. The highest BCUT2D eigenvalue weighted by atomic mass is 35.5. The van der Waals surface area contributed by atoms with E-state index in [1.54, 1.807) is 12.1 Å². The molecule has 0 bridgehead atoms. The molecule has 0 aliphatic heterocycles. The van der Waals surface area contributed by atoms with Crippen LogP contribution in [-0.4, -0.2) is 25.3 Å². The number of carbonyl (C=O) groups is 1. The fraction of sp³-hybridized carbons (Fsp3) is 0.462. The molecule has 0 saturated heterocycles. The second-order valence-electron chi connectivity index (χ2n) is 4.64. The lowest BCUT2D eigenvalue weighted by atomic mass is 9.81. The van der Waals surface area contributed by atoms with Crippen LogP contribution in [0.1, 0.15) is 25.8 Å². The maximum atomic E-state index is 10.9. The summed E-state index contributed by atoms with van der Waals surface area (Å²) in [4.78, 5) is 10.9. The SMILES string of the molecule is COc1cc(Cl)cc(C(C)(C)CC(=O)O)c1OC. The van der Waals surface area contributed by atoms with E-state index >= 15 is 0 Å². The van der Waals surface area contributed by atoms with Gasteiger partial charge in [-0.25, -0.2) is 0 Å². The Morgan fingerprint density at radius 2 is 1.94 bits per heavy atom. The van der Waals surface area contributed by atoms with Gasteiger partial charge < -0.3 is 14.6 Å². The normalized spacial score (nSPS) is 11.2. The molecule has 0 amide bonds. The van der Waals surface area contributed by atoms with Crippen molar-refractivity contribution in [3.63, 3.8) is 0 Å². The van der Waals surface area contributed by atoms with E-state index in [-0.39, 0.29) is 6.42 Å². The number of halogens is 1. The van der Waals surface area contributed by atoms with Gasteiger partial charge in [0.05, 0.1) is 20.6 Å². The number of carboxylic acids is 1. The minimum Gasteiger partial charge on any atom is -0.493 e. The predicted molar refractivity (Wildman–Crippen MR) is 69.8 cm³/mol. The molecule has 0 saturated carbocycles. The topological polar surface area (TPSA) is 55.8 Å². The second-order valence-corrected chi connectivity index (χ2v) is 5.08. The summed E-state index contributed by atoms with van der Waals surface area (Å²) in [5, 5.41) is 9.45. The number of rotatable bonds is 5. The first kappa shape index (κ1) is 14.6. The van der Waals surface area contributed by atoms with Gasteiger partial charge in [-0.05, 0) is 6.07 Å². The van der Waals surface area contributed by atoms with Gasteiger partial charge in [0, 0.05) is 22.1 Å². The van der Waals surface area contributed by atoms with Crippen LogP contribution in [0.2, 0.25) is 5.02 Å². The molecule has 0 spiro atoms. The van der Waals surface area contributed by atoms with Crippen molar-refractivity contribution in [2.75, 3.05) is 14.2 Å². The summed E-state index contributed by atoms with van der Waals surface area (Å²) >= 11 is 6.02. The van der Waals surface area contributed by atoms with E-state index in [0.717, 1.165) is 5.56 Å². The van der Waals surface area contributed by atoms with E-state index in [9.17, 15) is 4.79 Å². The third-order valence-corrected chi connectivity index (χ3v) is 2.98. The Labute approximate surface area is 111 Å². The number of carboxylic acid groups (broad SMARTS) is 1. The number of aliphatic carboxylic acids is 1. The third-order valence-electron chi connectivity index (χ3n) is 2.77. The molecule has 4 nitrogen and oxygen atoms in total. The first-order valence-electron chi connectivity index (χ1n) is 5.45. The molecular weight excluding hydrogens is 256 g/mol. The Kier molecular flexibility index (Phi) is 4.46. The van der Waals surface area contributed by atoms with Gasteiger partial charge in [-0.15, -0.1) is 0 Å². The standard InChI is InChI=1S/C13H17ClO4/c1-13(2,7-11(15)16)9-5-8(14)6-10(17-3)12(9)18-4/h5-6H,7H2,1-4H3,(H,15,16). The average molecular weight is 273 g/mol. The maximum Gasteiger partial charge on any atom is 0.304 e. The minimum absolute atomic E-state index is 0.0210. The highest BCUT2D eigenvalue weighted by Gasteiger charge is 2.29. The minimum atomic E-state index is -0.874. The van der Waals surface area contributed by atoms with Crippen molar-refractivity contribution in [2.24, 2.45) is 0 Å². The van der Waals surface area contributed by atoms with Crippen molar-refractivity contribution in [3.8, 4) is 11.5 Å². The molecular formula is C13H17ClO4. The third kappa shape index (κ3) is 3.07. The molecule has 18 heavy (non-hydrogen) atoms. The lowest BCUT2D eigenvalue weighted by Gasteiger charge is -2.26. The summed E-state index contributed by atoms with van der Waals surface area (Å²) in [5.41, 5.74) is 0.117. The fourth-order valence-electron chi connectivity index (χ4n) is 1.91. The molecule has 100 valence electrons. The van der Waals surface area contributed by atoms with Crippen LogP contribution >= 0.6 is 11.6 Å². The molecule has 0 aliphatic rings. The summed E-state index contributed by atoms with van der Waals surface area (Å²) in [5.74, 6) is 0.146. The van der Waals surface area contributed by atoms with Crippen molar-refractivity contribution in [3.05, 3.63) is 22.7 Å². The molecule has 0 radical (unpaired) electrons. The summed E-state index contributed by atoms with van der Waals surface area (Å²) in [6, 6.07) is 3.35. The average Bonchev–Trinajstić information content (AvgIpc) is 2.26. The van der Waals surface area contributed by atoms with Crippen molar-refractivity contribution in [1.29, 1.82) is 0 Å². The van der Waals surface area contributed by atoms with Gasteiger partial charge in [0.2, 0.25) is 0 Å². The van der Waals surface area contributed by atoms with Crippen LogP contribution < -0.4 is 9.47 Å². The van der Waals surface area contributed by atoms with Crippen LogP contribution in [0, 0.1) is 0 Å².